The van der Waals surface area contributed by atoms with Gasteiger partial charge in [0.2, 0.25) is 5.91 Å². The summed E-state index contributed by atoms with van der Waals surface area (Å²) >= 11 is 0. The summed E-state index contributed by atoms with van der Waals surface area (Å²) in [7, 11) is 5.06. The molecular formula is C19H21FN2O3. The number of carbonyl (C=O) groups excluding carboxylic acids is 2. The molecule has 1 amide bonds. The van der Waals surface area contributed by atoms with Gasteiger partial charge in [0.05, 0.1) is 6.54 Å². The van der Waals surface area contributed by atoms with Crippen LogP contribution in [-0.2, 0) is 4.79 Å². The number of likely N-dealkylation sites (N-methyl/N-ethyl adjacent to an activating group) is 2. The van der Waals surface area contributed by atoms with Gasteiger partial charge in [0.25, 0.3) is 0 Å². The van der Waals surface area contributed by atoms with E-state index in [1.54, 1.807) is 38.2 Å². The summed E-state index contributed by atoms with van der Waals surface area (Å²) in [5.41, 5.74) is 1.07. The van der Waals surface area contributed by atoms with Crippen molar-refractivity contribution in [3.8, 4) is 5.75 Å². The van der Waals surface area contributed by atoms with Crippen LogP contribution in [0.4, 0.5) is 4.39 Å². The number of hydrogen-bond acceptors (Lipinski definition) is 4. The highest BCUT2D eigenvalue weighted by atomic mass is 19.1. The van der Waals surface area contributed by atoms with E-state index < -0.39 is 6.04 Å². The molecule has 132 valence electrons. The van der Waals surface area contributed by atoms with Crippen molar-refractivity contribution in [1.29, 1.82) is 0 Å². The highest BCUT2D eigenvalue weighted by molar-refractivity contribution is 5.99. The Morgan fingerprint density at radius 1 is 1.00 bits per heavy atom. The van der Waals surface area contributed by atoms with Gasteiger partial charge in [-0.05, 0) is 56.1 Å². The van der Waals surface area contributed by atoms with Crippen molar-refractivity contribution >= 4 is 11.7 Å². The maximum Gasteiger partial charge on any atom is 0.244 e. The minimum absolute atomic E-state index is 0.0740. The summed E-state index contributed by atoms with van der Waals surface area (Å²) < 4.78 is 13.1. The standard InChI is InChI=1S/C19H21FN2O3/c1-21(2)18(14-4-8-15(20)9-5-14)19(25)22(3)12-17(24)13-6-10-16(23)11-7-13/h4-11,18,23H,12H2,1-3H3. The number of hydrogen-bond donors (Lipinski definition) is 1. The lowest BCUT2D eigenvalue weighted by Crippen LogP contribution is -2.40. The fourth-order valence-corrected chi connectivity index (χ4v) is 2.55. The number of carbonyl (C=O) groups is 2. The van der Waals surface area contributed by atoms with Crippen LogP contribution in [0.15, 0.2) is 48.5 Å². The molecule has 0 spiro atoms. The lowest BCUT2D eigenvalue weighted by atomic mass is 10.0. The predicted octanol–water partition coefficient (Wildman–Crippen LogP) is 2.48. The van der Waals surface area contributed by atoms with Gasteiger partial charge in [0, 0.05) is 12.6 Å². The van der Waals surface area contributed by atoms with Gasteiger partial charge in [-0.3, -0.25) is 14.5 Å². The lowest BCUT2D eigenvalue weighted by molar-refractivity contribution is -0.134. The minimum Gasteiger partial charge on any atom is -0.508 e. The number of phenols is 1. The molecular weight excluding hydrogens is 323 g/mol. The first kappa shape index (κ1) is 18.6. The third-order valence-electron chi connectivity index (χ3n) is 3.88. The predicted molar refractivity (Wildman–Crippen MR) is 92.9 cm³/mol. The molecule has 0 aliphatic carbocycles. The first-order valence-corrected chi connectivity index (χ1v) is 7.78. The molecule has 1 N–H and O–H groups in total. The van der Waals surface area contributed by atoms with E-state index in [1.807, 2.05) is 0 Å². The van der Waals surface area contributed by atoms with E-state index in [1.165, 1.54) is 41.3 Å². The van der Waals surface area contributed by atoms with Crippen molar-refractivity contribution in [3.05, 3.63) is 65.5 Å². The summed E-state index contributed by atoms with van der Waals surface area (Å²) in [6.07, 6.45) is 0. The van der Waals surface area contributed by atoms with E-state index in [0.717, 1.165) is 0 Å². The van der Waals surface area contributed by atoms with Crippen LogP contribution in [0, 0.1) is 5.82 Å². The van der Waals surface area contributed by atoms with Gasteiger partial charge in [-0.15, -0.1) is 0 Å². The second-order valence-electron chi connectivity index (χ2n) is 6.08. The average Bonchev–Trinajstić information content (AvgIpc) is 2.57. The molecule has 0 fully saturated rings. The van der Waals surface area contributed by atoms with Gasteiger partial charge >= 0.3 is 0 Å². The largest absolute Gasteiger partial charge is 0.508 e. The van der Waals surface area contributed by atoms with E-state index in [4.69, 9.17) is 0 Å². The number of phenolic OH excluding ortho intramolecular Hbond substituents is 1. The molecule has 0 heterocycles. The number of benzene rings is 2. The Labute approximate surface area is 146 Å². The zero-order valence-corrected chi connectivity index (χ0v) is 14.4. The van der Waals surface area contributed by atoms with Crippen molar-refractivity contribution in [2.24, 2.45) is 0 Å². The molecule has 1 atom stereocenters. The van der Waals surface area contributed by atoms with E-state index in [9.17, 15) is 19.1 Å². The second kappa shape index (κ2) is 7.90. The van der Waals surface area contributed by atoms with Crippen LogP contribution in [-0.4, -0.2) is 54.3 Å². The van der Waals surface area contributed by atoms with Crippen LogP contribution >= 0.6 is 0 Å². The Balaban J connectivity index is 2.14. The molecule has 5 nitrogen and oxygen atoms in total. The zero-order valence-electron chi connectivity index (χ0n) is 14.4. The summed E-state index contributed by atoms with van der Waals surface area (Å²) in [5, 5.41) is 9.28. The van der Waals surface area contributed by atoms with Crippen LogP contribution in [0.2, 0.25) is 0 Å². The van der Waals surface area contributed by atoms with Crippen LogP contribution in [0.5, 0.6) is 5.75 Å². The maximum atomic E-state index is 13.1. The molecule has 0 saturated heterocycles. The van der Waals surface area contributed by atoms with Gasteiger partial charge in [0.1, 0.15) is 17.6 Å². The van der Waals surface area contributed by atoms with Crippen molar-refractivity contribution in [1.82, 2.24) is 9.80 Å². The molecule has 0 aliphatic heterocycles. The van der Waals surface area contributed by atoms with E-state index >= 15 is 0 Å². The number of halogens is 1. The monoisotopic (exact) mass is 344 g/mol. The summed E-state index contributed by atoms with van der Waals surface area (Å²) in [6, 6.07) is 11.0. The topological polar surface area (TPSA) is 60.9 Å². The molecule has 2 rings (SSSR count). The summed E-state index contributed by atoms with van der Waals surface area (Å²) in [6.45, 7) is -0.0882. The van der Waals surface area contributed by atoms with Gasteiger partial charge < -0.3 is 10.0 Å². The number of rotatable bonds is 6. The van der Waals surface area contributed by atoms with Gasteiger partial charge in [-0.2, -0.15) is 0 Å². The normalized spacial score (nSPS) is 12.0. The smallest absolute Gasteiger partial charge is 0.244 e. The lowest BCUT2D eigenvalue weighted by Gasteiger charge is -2.28. The van der Waals surface area contributed by atoms with E-state index in [0.29, 0.717) is 11.1 Å². The fraction of sp³-hybridized carbons (Fsp3) is 0.263. The van der Waals surface area contributed by atoms with E-state index in [-0.39, 0.29) is 29.8 Å². The molecule has 25 heavy (non-hydrogen) atoms. The second-order valence-corrected chi connectivity index (χ2v) is 6.08. The molecule has 0 aliphatic rings. The van der Waals surface area contributed by atoms with E-state index in [2.05, 4.69) is 0 Å². The molecule has 0 saturated carbocycles. The maximum absolute atomic E-state index is 13.1. The molecule has 2 aromatic carbocycles. The molecule has 0 aromatic heterocycles. The Morgan fingerprint density at radius 2 is 1.56 bits per heavy atom. The number of Topliss-reactive ketones (excluding diaryl/α,β-unsaturated/α-hetero) is 1. The minimum atomic E-state index is -0.613. The van der Waals surface area contributed by atoms with Crippen molar-refractivity contribution in [2.75, 3.05) is 27.7 Å². The Hall–Kier alpha value is -2.73. The number of ketones is 1. The van der Waals surface area contributed by atoms with Gasteiger partial charge in [0.15, 0.2) is 5.78 Å². The number of aromatic hydroxyl groups is 1. The molecule has 6 heteroatoms. The Bertz CT molecular complexity index is 742. The third-order valence-corrected chi connectivity index (χ3v) is 3.88. The van der Waals surface area contributed by atoms with Crippen molar-refractivity contribution in [3.63, 3.8) is 0 Å². The summed E-state index contributed by atoms with van der Waals surface area (Å²) in [5.74, 6) is -0.786. The van der Waals surface area contributed by atoms with Gasteiger partial charge in [-0.25, -0.2) is 4.39 Å². The van der Waals surface area contributed by atoms with Crippen LogP contribution in [0.3, 0.4) is 0 Å². The fourth-order valence-electron chi connectivity index (χ4n) is 2.55. The Kier molecular flexibility index (Phi) is 5.88. The highest BCUT2D eigenvalue weighted by Crippen LogP contribution is 2.21. The van der Waals surface area contributed by atoms with Gasteiger partial charge in [-0.1, -0.05) is 12.1 Å². The SMILES string of the molecule is CN(CC(=O)c1ccc(O)cc1)C(=O)C(c1ccc(F)cc1)N(C)C. The Morgan fingerprint density at radius 3 is 2.08 bits per heavy atom. The first-order valence-electron chi connectivity index (χ1n) is 7.78. The van der Waals surface area contributed by atoms with Crippen molar-refractivity contribution in [2.45, 2.75) is 6.04 Å². The summed E-state index contributed by atoms with van der Waals surface area (Å²) in [4.78, 5) is 28.2. The van der Waals surface area contributed by atoms with Crippen molar-refractivity contribution < 1.29 is 19.1 Å². The number of nitrogens with zero attached hydrogens (tertiary/aromatic N) is 2. The number of amides is 1. The van der Waals surface area contributed by atoms with Crippen LogP contribution in [0.1, 0.15) is 22.0 Å². The average molecular weight is 344 g/mol. The highest BCUT2D eigenvalue weighted by Gasteiger charge is 2.27. The quantitative estimate of drug-likeness (QED) is 0.818. The molecule has 0 bridgehead atoms. The molecule has 2 aromatic rings. The molecule has 1 unspecified atom stereocenters. The molecule has 0 radical (unpaired) electrons. The first-order chi connectivity index (χ1) is 11.8. The third kappa shape index (κ3) is 4.64. The van der Waals surface area contributed by atoms with Crippen LogP contribution < -0.4 is 0 Å². The zero-order chi connectivity index (χ0) is 18.6. The van der Waals surface area contributed by atoms with Crippen LogP contribution in [0.25, 0.3) is 0 Å².